The van der Waals surface area contributed by atoms with Gasteiger partial charge < -0.3 is 9.64 Å². The van der Waals surface area contributed by atoms with Crippen molar-refractivity contribution in [1.82, 2.24) is 4.98 Å². The number of thioether (sulfide) groups is 1. The van der Waals surface area contributed by atoms with E-state index in [4.69, 9.17) is 4.74 Å². The molecule has 0 saturated heterocycles. The number of hydrogen-bond acceptors (Lipinski definition) is 6. The van der Waals surface area contributed by atoms with Gasteiger partial charge in [-0.25, -0.2) is 4.98 Å². The van der Waals surface area contributed by atoms with Crippen LogP contribution >= 0.6 is 23.1 Å². The first-order valence-corrected chi connectivity index (χ1v) is 10.3. The lowest BCUT2D eigenvalue weighted by atomic mass is 10.3. The lowest BCUT2D eigenvalue weighted by molar-refractivity contribution is -0.141. The average molecular weight is 395 g/mol. The highest BCUT2D eigenvalue weighted by Gasteiger charge is 2.26. The Balaban J connectivity index is 1.57. The van der Waals surface area contributed by atoms with Crippen molar-refractivity contribution < 1.29 is 9.53 Å². The number of hydrogen-bond donors (Lipinski definition) is 0. The van der Waals surface area contributed by atoms with Gasteiger partial charge in [0.1, 0.15) is 11.6 Å². The van der Waals surface area contributed by atoms with Gasteiger partial charge in [-0.3, -0.25) is 4.79 Å². The van der Waals surface area contributed by atoms with Crippen molar-refractivity contribution in [2.45, 2.75) is 11.8 Å². The largest absolute Gasteiger partial charge is 0.465 e. The highest BCUT2D eigenvalue weighted by molar-refractivity contribution is 8.03. The van der Waals surface area contributed by atoms with Crippen molar-refractivity contribution in [3.63, 3.8) is 0 Å². The van der Waals surface area contributed by atoms with Crippen LogP contribution in [0.2, 0.25) is 0 Å². The molecule has 0 fully saturated rings. The van der Waals surface area contributed by atoms with Gasteiger partial charge >= 0.3 is 5.97 Å². The average Bonchev–Trinajstić information content (AvgIpc) is 3.23. The summed E-state index contributed by atoms with van der Waals surface area (Å²) in [4.78, 5) is 19.8. The molecule has 0 atom stereocenters. The minimum atomic E-state index is -0.226. The summed E-state index contributed by atoms with van der Waals surface area (Å²) in [6.45, 7) is 2.42. The molecule has 2 aromatic carbocycles. The van der Waals surface area contributed by atoms with Crippen LogP contribution < -0.4 is 4.90 Å². The Morgan fingerprint density at radius 1 is 1.19 bits per heavy atom. The second kappa shape index (κ2) is 7.98. The number of rotatable bonds is 5. The van der Waals surface area contributed by atoms with Crippen LogP contribution in [0, 0.1) is 0 Å². The SMILES string of the molecule is CCOC(=O)CN1C(=CC=Cc2nc3ccccc3s2)Sc2ccccc21. The number of fused-ring (bicyclic) bond motifs is 2. The fourth-order valence-electron chi connectivity index (χ4n) is 2.85. The maximum atomic E-state index is 12.0. The monoisotopic (exact) mass is 394 g/mol. The van der Waals surface area contributed by atoms with E-state index in [1.54, 1.807) is 23.1 Å². The number of nitrogens with zero attached hydrogens (tertiary/aromatic N) is 2. The molecule has 27 heavy (non-hydrogen) atoms. The maximum Gasteiger partial charge on any atom is 0.325 e. The van der Waals surface area contributed by atoms with E-state index in [-0.39, 0.29) is 12.5 Å². The first-order valence-electron chi connectivity index (χ1n) is 8.68. The molecule has 1 aliphatic rings. The standard InChI is InChI=1S/C21H18N2O2S2/c1-2-25-21(24)14-23-16-9-4-6-11-18(16)27-20(23)13-7-12-19-22-15-8-3-5-10-17(15)26-19/h3-13H,2,14H2,1H3. The molecule has 0 saturated carbocycles. The maximum absolute atomic E-state index is 12.0. The second-order valence-corrected chi connectivity index (χ2v) is 7.97. The summed E-state index contributed by atoms with van der Waals surface area (Å²) in [5.41, 5.74) is 2.05. The summed E-state index contributed by atoms with van der Waals surface area (Å²) in [6.07, 6.45) is 6.02. The zero-order chi connectivity index (χ0) is 18.6. The van der Waals surface area contributed by atoms with Gasteiger partial charge in [-0.2, -0.15) is 0 Å². The minimum absolute atomic E-state index is 0.207. The number of para-hydroxylation sites is 2. The van der Waals surface area contributed by atoms with Crippen molar-refractivity contribution >= 4 is 51.0 Å². The second-order valence-electron chi connectivity index (χ2n) is 5.84. The zero-order valence-corrected chi connectivity index (χ0v) is 16.4. The van der Waals surface area contributed by atoms with E-state index >= 15 is 0 Å². The Hall–Kier alpha value is -2.57. The number of esters is 1. The van der Waals surface area contributed by atoms with E-state index in [1.165, 1.54) is 4.70 Å². The predicted molar refractivity (Wildman–Crippen MR) is 113 cm³/mol. The van der Waals surface area contributed by atoms with Crippen LogP contribution in [0.25, 0.3) is 16.3 Å². The molecule has 1 aromatic heterocycles. The molecule has 0 bridgehead atoms. The number of benzene rings is 2. The van der Waals surface area contributed by atoms with Crippen LogP contribution in [-0.4, -0.2) is 24.1 Å². The Morgan fingerprint density at radius 3 is 2.85 bits per heavy atom. The summed E-state index contributed by atoms with van der Waals surface area (Å²) in [5.74, 6) is -0.226. The van der Waals surface area contributed by atoms with E-state index in [0.29, 0.717) is 6.61 Å². The van der Waals surface area contributed by atoms with Crippen LogP contribution in [-0.2, 0) is 9.53 Å². The molecule has 0 amide bonds. The molecule has 2 heterocycles. The molecule has 0 spiro atoms. The van der Waals surface area contributed by atoms with Crippen molar-refractivity contribution in [3.8, 4) is 0 Å². The molecule has 1 aliphatic heterocycles. The molecule has 136 valence electrons. The van der Waals surface area contributed by atoms with E-state index in [9.17, 15) is 4.79 Å². The van der Waals surface area contributed by atoms with Gasteiger partial charge in [0.2, 0.25) is 0 Å². The van der Waals surface area contributed by atoms with E-state index in [0.717, 1.165) is 26.1 Å². The number of ether oxygens (including phenoxy) is 1. The Kier molecular flexibility index (Phi) is 5.27. The van der Waals surface area contributed by atoms with E-state index in [2.05, 4.69) is 17.1 Å². The highest BCUT2D eigenvalue weighted by atomic mass is 32.2. The first-order chi connectivity index (χ1) is 13.2. The first kappa shape index (κ1) is 17.8. The molecular formula is C21H18N2O2S2. The van der Waals surface area contributed by atoms with Crippen molar-refractivity contribution in [1.29, 1.82) is 0 Å². The molecule has 0 N–H and O–H groups in total. The number of aromatic nitrogens is 1. The van der Waals surface area contributed by atoms with Gasteiger partial charge in [0.25, 0.3) is 0 Å². The molecule has 4 nitrogen and oxygen atoms in total. The van der Waals surface area contributed by atoms with Crippen molar-refractivity contribution in [2.75, 3.05) is 18.1 Å². The lowest BCUT2D eigenvalue weighted by Crippen LogP contribution is -2.27. The molecule has 0 unspecified atom stereocenters. The summed E-state index contributed by atoms with van der Waals surface area (Å²) < 4.78 is 6.31. The van der Waals surface area contributed by atoms with Crippen LogP contribution in [0.1, 0.15) is 11.9 Å². The van der Waals surface area contributed by atoms with Crippen LogP contribution in [0.3, 0.4) is 0 Å². The molecule has 4 rings (SSSR count). The summed E-state index contributed by atoms with van der Waals surface area (Å²) in [7, 11) is 0. The number of carbonyl (C=O) groups excluding carboxylic acids is 1. The molecular weight excluding hydrogens is 376 g/mol. The molecule has 6 heteroatoms. The third-order valence-corrected chi connectivity index (χ3v) is 6.15. The topological polar surface area (TPSA) is 42.4 Å². The lowest BCUT2D eigenvalue weighted by Gasteiger charge is -2.18. The van der Waals surface area contributed by atoms with Gasteiger partial charge in [-0.05, 0) is 43.3 Å². The van der Waals surface area contributed by atoms with Gasteiger partial charge in [0, 0.05) is 4.90 Å². The molecule has 0 radical (unpaired) electrons. The third kappa shape index (κ3) is 3.91. The number of carbonyl (C=O) groups is 1. The number of anilines is 1. The van der Waals surface area contributed by atoms with Crippen LogP contribution in [0.5, 0.6) is 0 Å². The zero-order valence-electron chi connectivity index (χ0n) is 14.8. The summed E-state index contributed by atoms with van der Waals surface area (Å²) in [5, 5.41) is 1.96. The van der Waals surface area contributed by atoms with Gasteiger partial charge in [0.05, 0.1) is 27.5 Å². The Labute approximate surface area is 166 Å². The Bertz CT molecular complexity index is 1010. The van der Waals surface area contributed by atoms with Crippen molar-refractivity contribution in [3.05, 3.63) is 70.7 Å². The van der Waals surface area contributed by atoms with Gasteiger partial charge in [-0.15, -0.1) is 11.3 Å². The van der Waals surface area contributed by atoms with Crippen LogP contribution in [0.15, 0.2) is 70.6 Å². The van der Waals surface area contributed by atoms with E-state index < -0.39 is 0 Å². The predicted octanol–water partition coefficient (Wildman–Crippen LogP) is 5.33. The summed E-state index contributed by atoms with van der Waals surface area (Å²) in [6, 6.07) is 16.2. The minimum Gasteiger partial charge on any atom is -0.465 e. The fourth-order valence-corrected chi connectivity index (χ4v) is 4.81. The number of thiazole rings is 1. The van der Waals surface area contributed by atoms with E-state index in [1.807, 2.05) is 66.4 Å². The molecule has 0 aliphatic carbocycles. The third-order valence-electron chi connectivity index (χ3n) is 4.02. The smallest absolute Gasteiger partial charge is 0.325 e. The quantitative estimate of drug-likeness (QED) is 0.548. The van der Waals surface area contributed by atoms with Crippen LogP contribution in [0.4, 0.5) is 5.69 Å². The molecule has 3 aromatic rings. The van der Waals surface area contributed by atoms with Gasteiger partial charge in [-0.1, -0.05) is 42.1 Å². The van der Waals surface area contributed by atoms with Gasteiger partial charge in [0.15, 0.2) is 0 Å². The normalized spacial score (nSPS) is 15.0. The highest BCUT2D eigenvalue weighted by Crippen LogP contribution is 2.45. The van der Waals surface area contributed by atoms with Crippen molar-refractivity contribution in [2.24, 2.45) is 0 Å². The number of allylic oxidation sites excluding steroid dienone is 2. The Morgan fingerprint density at radius 2 is 2.00 bits per heavy atom. The summed E-state index contributed by atoms with van der Waals surface area (Å²) >= 11 is 3.32. The fraction of sp³-hybridized carbons (Fsp3) is 0.143.